The van der Waals surface area contributed by atoms with E-state index in [4.69, 9.17) is 28.4 Å². The second kappa shape index (κ2) is 24.7. The molecular formula is C40H62N2O23. The number of amides is 2. The van der Waals surface area contributed by atoms with Gasteiger partial charge in [-0.2, -0.15) is 0 Å². The van der Waals surface area contributed by atoms with Gasteiger partial charge in [0.1, 0.15) is 78.6 Å². The molecule has 3 aliphatic rings. The number of aliphatic hydroxyl groups excluding tert-OH is 9. The summed E-state index contributed by atoms with van der Waals surface area (Å²) in [4.78, 5) is 50.0. The molecule has 3 fully saturated rings. The molecule has 65 heavy (non-hydrogen) atoms. The van der Waals surface area contributed by atoms with Gasteiger partial charge in [0.2, 0.25) is 5.91 Å². The zero-order chi connectivity index (χ0) is 48.2. The van der Waals surface area contributed by atoms with Crippen molar-refractivity contribution in [3.05, 3.63) is 23.8 Å². The monoisotopic (exact) mass is 938 g/mol. The van der Waals surface area contributed by atoms with Crippen molar-refractivity contribution < 1.29 is 114 Å². The number of esters is 1. The van der Waals surface area contributed by atoms with E-state index in [0.29, 0.717) is 25.7 Å². The van der Waals surface area contributed by atoms with Gasteiger partial charge in [-0.25, -0.2) is 4.79 Å². The molecule has 0 aliphatic carbocycles. The number of unbranched alkanes of at least 4 members (excludes halogenated alkanes) is 5. The lowest BCUT2D eigenvalue weighted by molar-refractivity contribution is -0.381. The largest absolute Gasteiger partial charge is 0.508 e. The van der Waals surface area contributed by atoms with E-state index >= 15 is 0 Å². The Hall–Kier alpha value is -3.90. The number of carbonyl (C=O) groups excluding carboxylic acids is 3. The van der Waals surface area contributed by atoms with E-state index in [0.717, 1.165) is 44.4 Å². The summed E-state index contributed by atoms with van der Waals surface area (Å²) in [6.45, 7) is -1.97. The van der Waals surface area contributed by atoms with Gasteiger partial charge >= 0.3 is 11.9 Å². The zero-order valence-corrected chi connectivity index (χ0v) is 35.7. The van der Waals surface area contributed by atoms with E-state index in [2.05, 4.69) is 15.4 Å². The fraction of sp³-hybridized carbons (Fsp3) is 0.750. The van der Waals surface area contributed by atoms with Crippen molar-refractivity contribution in [2.75, 3.05) is 33.5 Å². The Bertz CT molecular complexity index is 1690. The predicted octanol–water partition coefficient (Wildman–Crippen LogP) is -4.45. The molecule has 14 N–H and O–H groups in total. The van der Waals surface area contributed by atoms with Crippen LogP contribution in [-0.4, -0.2) is 216 Å². The van der Waals surface area contributed by atoms with E-state index < -0.39 is 153 Å². The maximum atomic E-state index is 13.7. The van der Waals surface area contributed by atoms with Gasteiger partial charge in [0.25, 0.3) is 11.7 Å². The second-order valence-electron chi connectivity index (χ2n) is 16.0. The summed E-state index contributed by atoms with van der Waals surface area (Å²) in [6, 6.07) is -0.238. The van der Waals surface area contributed by atoms with Gasteiger partial charge < -0.3 is 105 Å². The average Bonchev–Trinajstić information content (AvgIpc) is 3.26. The molecule has 1 aromatic carbocycles. The number of phenols is 2. The van der Waals surface area contributed by atoms with Gasteiger partial charge in [0.05, 0.1) is 39.1 Å². The molecule has 4 rings (SSSR count). The summed E-state index contributed by atoms with van der Waals surface area (Å²) in [5.41, 5.74) is -0.291. The third kappa shape index (κ3) is 13.8. The third-order valence-electron chi connectivity index (χ3n) is 11.2. The average molecular weight is 939 g/mol. The fourth-order valence-electron chi connectivity index (χ4n) is 7.79. The van der Waals surface area contributed by atoms with Crippen LogP contribution in [0.4, 0.5) is 0 Å². The summed E-state index contributed by atoms with van der Waals surface area (Å²) in [5, 5.41) is 132. The van der Waals surface area contributed by atoms with Crippen LogP contribution in [0.25, 0.3) is 0 Å². The zero-order valence-electron chi connectivity index (χ0n) is 35.7. The van der Waals surface area contributed by atoms with Crippen molar-refractivity contribution in [1.29, 1.82) is 0 Å². The summed E-state index contributed by atoms with van der Waals surface area (Å²) in [7, 11) is 1.31. The van der Waals surface area contributed by atoms with E-state index in [1.165, 1.54) is 7.11 Å². The van der Waals surface area contributed by atoms with E-state index in [1.54, 1.807) is 0 Å². The summed E-state index contributed by atoms with van der Waals surface area (Å²) in [5.74, 6) is -8.19. The Balaban J connectivity index is 1.63. The lowest BCUT2D eigenvalue weighted by atomic mass is 9.88. The number of aromatic hydroxyl groups is 2. The van der Waals surface area contributed by atoms with Crippen molar-refractivity contribution in [2.24, 2.45) is 0 Å². The van der Waals surface area contributed by atoms with Crippen LogP contribution < -0.4 is 10.6 Å². The lowest BCUT2D eigenvalue weighted by Crippen LogP contribution is -2.71. The van der Waals surface area contributed by atoms with Crippen molar-refractivity contribution in [1.82, 2.24) is 10.6 Å². The van der Waals surface area contributed by atoms with Gasteiger partial charge in [0.15, 0.2) is 12.6 Å². The highest BCUT2D eigenvalue weighted by atomic mass is 16.8. The Morgan fingerprint density at radius 3 is 1.95 bits per heavy atom. The smallest absolute Gasteiger partial charge is 0.364 e. The first kappa shape index (κ1) is 53.7. The molecule has 0 radical (unpaired) electrons. The molecular weight excluding hydrogens is 876 g/mol. The van der Waals surface area contributed by atoms with Gasteiger partial charge in [-0.15, -0.1) is 0 Å². The van der Waals surface area contributed by atoms with Crippen molar-refractivity contribution in [3.8, 4) is 11.5 Å². The molecule has 25 nitrogen and oxygen atoms in total. The molecule has 3 saturated heterocycles. The Morgan fingerprint density at radius 2 is 1.38 bits per heavy atom. The van der Waals surface area contributed by atoms with Gasteiger partial charge in [0, 0.05) is 38.0 Å². The predicted molar refractivity (Wildman–Crippen MR) is 213 cm³/mol. The number of carbonyl (C=O) groups is 4. The van der Waals surface area contributed by atoms with E-state index in [1.807, 2.05) is 0 Å². The highest BCUT2D eigenvalue weighted by Gasteiger charge is 2.60. The molecule has 16 atom stereocenters. The number of rotatable bonds is 23. The quantitative estimate of drug-likeness (QED) is 0.0363. The van der Waals surface area contributed by atoms with Crippen LogP contribution in [0.1, 0.15) is 68.6 Å². The van der Waals surface area contributed by atoms with E-state index in [-0.39, 0.29) is 18.1 Å². The molecule has 0 aromatic heterocycles. The number of benzene rings is 1. The number of phenolic OH excluding ortho intramolecular Hbond substituents is 2. The normalized spacial score (nSPS) is 33.7. The Morgan fingerprint density at radius 1 is 0.800 bits per heavy atom. The number of hydrogen-bond donors (Lipinski definition) is 14. The van der Waals surface area contributed by atoms with Gasteiger partial charge in [-0.1, -0.05) is 25.7 Å². The van der Waals surface area contributed by atoms with Crippen molar-refractivity contribution in [2.45, 2.75) is 156 Å². The minimum atomic E-state index is -3.12. The first-order valence-corrected chi connectivity index (χ1v) is 21.1. The van der Waals surface area contributed by atoms with Crippen molar-refractivity contribution >= 4 is 23.8 Å². The molecule has 0 spiro atoms. The van der Waals surface area contributed by atoms with Gasteiger partial charge in [-0.05, 0) is 25.0 Å². The maximum Gasteiger partial charge on any atom is 0.364 e. The third-order valence-corrected chi connectivity index (χ3v) is 11.2. The summed E-state index contributed by atoms with van der Waals surface area (Å²) in [6.07, 6.45) is -22.1. The molecule has 1 aromatic rings. The molecule has 0 saturated carbocycles. The number of nitrogens with one attached hydrogen (secondary N) is 2. The number of carboxylic acids is 1. The first-order chi connectivity index (χ1) is 30.8. The maximum absolute atomic E-state index is 13.7. The standard InChI is InChI=1S/C40H62N2O23/c1-18(46)41-27-22(49)14-40(39(57)58,64-34(27)29(52)23(50)15-43)65-35-31(54)25(17-45)62-38(32(35)55)63-33-28(42-36(56)19-11-20(47)13-21(48)12-19)37(61-24(16-44)30(33)53)60-10-8-6-4-3-5-7-9-26(51)59-2/h11-13,22-25,27-35,37-38,43-45,47-50,52-55H,3-10,14-17H2,1-2H3,(H,41,46)(H,42,56)(H,57,58)/t22?,23?,24?,25?,27-,28?,29?,30-,31+,32?,33?,34?,35?,37-,38?,40+/m1/s1. The summed E-state index contributed by atoms with van der Waals surface area (Å²) >= 11 is 0. The van der Waals surface area contributed by atoms with Crippen molar-refractivity contribution in [3.63, 3.8) is 0 Å². The summed E-state index contributed by atoms with van der Waals surface area (Å²) < 4.78 is 39.6. The number of hydrogen-bond acceptors (Lipinski definition) is 22. The minimum absolute atomic E-state index is 0.0126. The highest BCUT2D eigenvalue weighted by Crippen LogP contribution is 2.38. The van der Waals surface area contributed by atoms with Gasteiger partial charge in [-0.3, -0.25) is 14.4 Å². The molecule has 25 heteroatoms. The molecule has 370 valence electrons. The number of aliphatic carboxylic acids is 1. The van der Waals surface area contributed by atoms with Crippen LogP contribution >= 0.6 is 0 Å². The van der Waals surface area contributed by atoms with Crippen LogP contribution in [0, 0.1) is 0 Å². The number of methoxy groups -OCH3 is 1. The van der Waals surface area contributed by atoms with Crippen LogP contribution in [0.2, 0.25) is 0 Å². The lowest BCUT2D eigenvalue weighted by Gasteiger charge is -2.51. The number of ether oxygens (including phenoxy) is 7. The Kier molecular flexibility index (Phi) is 20.4. The van der Waals surface area contributed by atoms with Crippen LogP contribution in [0.5, 0.6) is 11.5 Å². The molecule has 0 bridgehead atoms. The molecule has 3 heterocycles. The topological polar surface area (TPSA) is 400 Å². The van der Waals surface area contributed by atoms with E-state index in [9.17, 15) is 80.5 Å². The first-order valence-electron chi connectivity index (χ1n) is 21.1. The highest BCUT2D eigenvalue weighted by molar-refractivity contribution is 5.95. The molecule has 2 amide bonds. The van der Waals surface area contributed by atoms with Crippen LogP contribution in [-0.2, 0) is 47.5 Å². The van der Waals surface area contributed by atoms with Crippen LogP contribution in [0.3, 0.4) is 0 Å². The SMILES string of the molecule is COC(=O)CCCCCCCCO[C@@H]1OC(CO)[C@@H](O)C(OC2OC(CO)[C@H](O)C(O[C@]3(C(=O)O)CC(O)[C@@H](NC(C)=O)C(C(O)C(O)CO)O3)C2O)C1NC(=O)c1cc(O)cc(O)c1. The fourth-order valence-corrected chi connectivity index (χ4v) is 7.79. The minimum Gasteiger partial charge on any atom is -0.508 e. The number of carboxylic acid groups (broad SMARTS) is 1. The Labute approximate surface area is 372 Å². The number of aliphatic hydroxyl groups is 9. The molecule has 11 unspecified atom stereocenters. The second-order valence-corrected chi connectivity index (χ2v) is 16.0. The molecule has 3 aliphatic heterocycles. The van der Waals surface area contributed by atoms with Crippen LogP contribution in [0.15, 0.2) is 18.2 Å².